The number of hydrogen-bond acceptors (Lipinski definition) is 3. The van der Waals surface area contributed by atoms with Crippen molar-refractivity contribution in [3.8, 4) is 5.75 Å². The molecule has 0 saturated heterocycles. The zero-order chi connectivity index (χ0) is 16.7. The molecule has 1 aromatic carbocycles. The summed E-state index contributed by atoms with van der Waals surface area (Å²) in [5, 5.41) is 15.1. The number of nitrogens with one attached hydrogen (secondary N) is 2. The van der Waals surface area contributed by atoms with Crippen molar-refractivity contribution >= 4 is 6.03 Å². The fourth-order valence-electron chi connectivity index (χ4n) is 3.35. The van der Waals surface area contributed by atoms with Crippen molar-refractivity contribution in [2.24, 2.45) is 5.92 Å². The van der Waals surface area contributed by atoms with Crippen LogP contribution in [0.15, 0.2) is 18.2 Å². The average Bonchev–Trinajstić information content (AvgIpc) is 2.96. The maximum atomic E-state index is 12.2. The number of carbonyl (C=O) groups is 1. The zero-order valence-corrected chi connectivity index (χ0v) is 14.1. The summed E-state index contributed by atoms with van der Waals surface area (Å²) in [6.45, 7) is 2.90. The lowest BCUT2D eigenvalue weighted by Crippen LogP contribution is -2.39. The minimum Gasteiger partial charge on any atom is -0.496 e. The van der Waals surface area contributed by atoms with Crippen LogP contribution in [0.4, 0.5) is 4.79 Å². The van der Waals surface area contributed by atoms with E-state index in [1.165, 1.54) is 5.56 Å². The highest BCUT2D eigenvalue weighted by atomic mass is 16.5. The predicted octanol–water partition coefficient (Wildman–Crippen LogP) is 2.78. The number of benzene rings is 1. The molecule has 1 aliphatic carbocycles. The van der Waals surface area contributed by atoms with Crippen LogP contribution in [0.5, 0.6) is 5.75 Å². The summed E-state index contributed by atoms with van der Waals surface area (Å²) in [5.74, 6) is 1.24. The third-order valence-electron chi connectivity index (χ3n) is 4.54. The van der Waals surface area contributed by atoms with Gasteiger partial charge in [-0.15, -0.1) is 0 Å². The molecule has 0 aliphatic heterocycles. The quantitative estimate of drug-likeness (QED) is 0.690. The standard InChI is InChI=1S/C18H28N2O3/c1-3-5-13(10-11-21)12-19-18(22)20-16-9-8-15-14(16)6-4-7-17(15)23-2/h4,6-7,13,16,21H,3,5,8-12H2,1-2H3,(H2,19,20,22). The van der Waals surface area contributed by atoms with E-state index in [1.807, 2.05) is 12.1 Å². The van der Waals surface area contributed by atoms with Gasteiger partial charge in [0.1, 0.15) is 5.75 Å². The van der Waals surface area contributed by atoms with E-state index < -0.39 is 0 Å². The second-order valence-corrected chi connectivity index (χ2v) is 6.14. The Balaban J connectivity index is 1.88. The van der Waals surface area contributed by atoms with Crippen molar-refractivity contribution in [2.45, 2.75) is 45.1 Å². The largest absolute Gasteiger partial charge is 0.496 e. The van der Waals surface area contributed by atoms with Gasteiger partial charge in [-0.05, 0) is 48.8 Å². The Morgan fingerprint density at radius 2 is 2.26 bits per heavy atom. The molecule has 5 heteroatoms. The van der Waals surface area contributed by atoms with Gasteiger partial charge in [-0.2, -0.15) is 0 Å². The van der Waals surface area contributed by atoms with E-state index in [9.17, 15) is 4.79 Å². The van der Waals surface area contributed by atoms with Gasteiger partial charge >= 0.3 is 6.03 Å². The predicted molar refractivity (Wildman–Crippen MR) is 90.7 cm³/mol. The maximum Gasteiger partial charge on any atom is 0.315 e. The van der Waals surface area contributed by atoms with E-state index in [4.69, 9.17) is 9.84 Å². The summed E-state index contributed by atoms with van der Waals surface area (Å²) in [6.07, 6.45) is 4.64. The van der Waals surface area contributed by atoms with Crippen LogP contribution in [-0.2, 0) is 6.42 Å². The SMILES string of the molecule is CCCC(CCO)CNC(=O)NC1CCc2c(OC)cccc21. The highest BCUT2D eigenvalue weighted by molar-refractivity contribution is 5.74. The summed E-state index contributed by atoms with van der Waals surface area (Å²) in [6, 6.07) is 5.90. The Morgan fingerprint density at radius 3 is 2.96 bits per heavy atom. The number of aliphatic hydroxyl groups excluding tert-OH is 1. The molecule has 3 N–H and O–H groups in total. The van der Waals surface area contributed by atoms with Crippen molar-refractivity contribution in [1.29, 1.82) is 0 Å². The number of urea groups is 1. The Labute approximate surface area is 138 Å². The Hall–Kier alpha value is -1.75. The molecule has 0 heterocycles. The lowest BCUT2D eigenvalue weighted by molar-refractivity contribution is 0.226. The van der Waals surface area contributed by atoms with E-state index in [0.29, 0.717) is 12.5 Å². The first-order valence-electron chi connectivity index (χ1n) is 8.50. The zero-order valence-electron chi connectivity index (χ0n) is 14.1. The molecule has 0 spiro atoms. The van der Waals surface area contributed by atoms with Gasteiger partial charge in [0.2, 0.25) is 0 Å². The van der Waals surface area contributed by atoms with E-state index >= 15 is 0 Å². The first-order valence-corrected chi connectivity index (χ1v) is 8.50. The van der Waals surface area contributed by atoms with Crippen LogP contribution in [-0.4, -0.2) is 31.4 Å². The number of aliphatic hydroxyl groups is 1. The molecule has 2 atom stereocenters. The molecule has 2 rings (SSSR count). The second kappa shape index (κ2) is 8.77. The summed E-state index contributed by atoms with van der Waals surface area (Å²) in [5.41, 5.74) is 2.35. The maximum absolute atomic E-state index is 12.2. The summed E-state index contributed by atoms with van der Waals surface area (Å²) in [4.78, 5) is 12.2. The molecule has 2 unspecified atom stereocenters. The first-order chi connectivity index (χ1) is 11.2. The third-order valence-corrected chi connectivity index (χ3v) is 4.54. The minimum atomic E-state index is -0.135. The number of ether oxygens (including phenoxy) is 1. The van der Waals surface area contributed by atoms with Crippen LogP contribution in [0.2, 0.25) is 0 Å². The van der Waals surface area contributed by atoms with Gasteiger partial charge in [0, 0.05) is 13.2 Å². The summed E-state index contributed by atoms with van der Waals surface area (Å²) in [7, 11) is 1.68. The molecular formula is C18H28N2O3. The van der Waals surface area contributed by atoms with Gasteiger partial charge in [-0.1, -0.05) is 25.5 Å². The molecule has 0 radical (unpaired) electrons. The average molecular weight is 320 g/mol. The van der Waals surface area contributed by atoms with Crippen LogP contribution in [0.25, 0.3) is 0 Å². The minimum absolute atomic E-state index is 0.0440. The Morgan fingerprint density at radius 1 is 1.43 bits per heavy atom. The first kappa shape index (κ1) is 17.6. The van der Waals surface area contributed by atoms with Crippen molar-refractivity contribution in [3.63, 3.8) is 0 Å². The van der Waals surface area contributed by atoms with E-state index in [1.54, 1.807) is 7.11 Å². The number of rotatable bonds is 8. The van der Waals surface area contributed by atoms with Crippen LogP contribution < -0.4 is 15.4 Å². The van der Waals surface area contributed by atoms with Crippen molar-refractivity contribution in [2.75, 3.05) is 20.3 Å². The van der Waals surface area contributed by atoms with Crippen LogP contribution in [0, 0.1) is 5.92 Å². The molecule has 1 aromatic rings. The smallest absolute Gasteiger partial charge is 0.315 e. The lowest BCUT2D eigenvalue weighted by Gasteiger charge is -2.19. The van der Waals surface area contributed by atoms with Crippen molar-refractivity contribution in [1.82, 2.24) is 10.6 Å². The van der Waals surface area contributed by atoms with Gasteiger partial charge in [0.15, 0.2) is 0 Å². The summed E-state index contributed by atoms with van der Waals surface area (Å²) >= 11 is 0. The van der Waals surface area contributed by atoms with E-state index in [0.717, 1.165) is 43.4 Å². The fourth-order valence-corrected chi connectivity index (χ4v) is 3.35. The number of methoxy groups -OCH3 is 1. The van der Waals surface area contributed by atoms with Crippen molar-refractivity contribution < 1.29 is 14.6 Å². The Kier molecular flexibility index (Phi) is 6.71. The molecule has 128 valence electrons. The number of carbonyl (C=O) groups excluding carboxylic acids is 1. The lowest BCUT2D eigenvalue weighted by atomic mass is 10.0. The number of amides is 2. The highest BCUT2D eigenvalue weighted by Crippen LogP contribution is 2.36. The van der Waals surface area contributed by atoms with Gasteiger partial charge in [0.05, 0.1) is 13.2 Å². The molecule has 1 aliphatic rings. The van der Waals surface area contributed by atoms with Crippen LogP contribution in [0.1, 0.15) is 49.8 Å². The van der Waals surface area contributed by atoms with Crippen LogP contribution >= 0.6 is 0 Å². The normalized spacial score (nSPS) is 17.4. The fraction of sp³-hybridized carbons (Fsp3) is 0.611. The topological polar surface area (TPSA) is 70.6 Å². The highest BCUT2D eigenvalue weighted by Gasteiger charge is 2.26. The number of fused-ring (bicyclic) bond motifs is 1. The number of hydrogen-bond donors (Lipinski definition) is 3. The summed E-state index contributed by atoms with van der Waals surface area (Å²) < 4.78 is 5.39. The molecule has 5 nitrogen and oxygen atoms in total. The van der Waals surface area contributed by atoms with Crippen molar-refractivity contribution in [3.05, 3.63) is 29.3 Å². The van der Waals surface area contributed by atoms with E-state index in [-0.39, 0.29) is 18.7 Å². The van der Waals surface area contributed by atoms with Crippen LogP contribution in [0.3, 0.4) is 0 Å². The van der Waals surface area contributed by atoms with Gasteiger partial charge in [0.25, 0.3) is 0 Å². The Bertz CT molecular complexity index is 513. The molecule has 23 heavy (non-hydrogen) atoms. The van der Waals surface area contributed by atoms with Gasteiger partial charge in [-0.25, -0.2) is 4.79 Å². The second-order valence-electron chi connectivity index (χ2n) is 6.14. The third kappa shape index (κ3) is 4.61. The molecule has 2 amide bonds. The molecule has 0 fully saturated rings. The molecule has 0 saturated carbocycles. The monoisotopic (exact) mass is 320 g/mol. The molecule has 0 aromatic heterocycles. The molecule has 0 bridgehead atoms. The van der Waals surface area contributed by atoms with E-state index in [2.05, 4.69) is 23.6 Å². The molecular weight excluding hydrogens is 292 g/mol. The van der Waals surface area contributed by atoms with Gasteiger partial charge in [-0.3, -0.25) is 0 Å². The van der Waals surface area contributed by atoms with Gasteiger partial charge < -0.3 is 20.5 Å².